The summed E-state index contributed by atoms with van der Waals surface area (Å²) in [5, 5.41) is 8.35. The second kappa shape index (κ2) is 12.8. The Bertz CT molecular complexity index is 3570. The van der Waals surface area contributed by atoms with E-state index in [1.807, 2.05) is 79.1 Å². The van der Waals surface area contributed by atoms with Crippen molar-refractivity contribution >= 4 is 65.4 Å². The average Bonchev–Trinajstić information content (AvgIpc) is 3.86. The van der Waals surface area contributed by atoms with Crippen molar-refractivity contribution in [2.24, 2.45) is 0 Å². The zero-order valence-electron chi connectivity index (χ0n) is 30.9. The van der Waals surface area contributed by atoms with Gasteiger partial charge in [0.15, 0.2) is 17.5 Å². The lowest BCUT2D eigenvalue weighted by molar-refractivity contribution is 0.669. The third-order valence-electron chi connectivity index (χ3n) is 11.2. The smallest absolute Gasteiger partial charge is 0.164 e. The minimum Gasteiger partial charge on any atom is -0.456 e. The summed E-state index contributed by atoms with van der Waals surface area (Å²) < 4.78 is 13.2. The van der Waals surface area contributed by atoms with Crippen LogP contribution in [-0.2, 0) is 0 Å². The average molecular weight is 743 g/mol. The highest BCUT2D eigenvalue weighted by atomic mass is 16.3. The van der Waals surface area contributed by atoms with Crippen LogP contribution in [-0.4, -0.2) is 19.9 Å². The van der Waals surface area contributed by atoms with Crippen molar-refractivity contribution < 1.29 is 8.83 Å². The normalized spacial score (nSPS) is 11.8. The lowest BCUT2D eigenvalue weighted by atomic mass is 9.90. The van der Waals surface area contributed by atoms with E-state index in [1.165, 1.54) is 0 Å². The van der Waals surface area contributed by atoms with Gasteiger partial charge in [0.2, 0.25) is 0 Å². The number of hydrogen-bond donors (Lipinski definition) is 0. The maximum atomic E-state index is 6.89. The molecule has 0 aliphatic rings. The molecule has 0 spiro atoms. The third-order valence-corrected chi connectivity index (χ3v) is 11.2. The van der Waals surface area contributed by atoms with Gasteiger partial charge in [0.25, 0.3) is 0 Å². The molecule has 270 valence electrons. The van der Waals surface area contributed by atoms with Gasteiger partial charge in [-0.1, -0.05) is 121 Å². The minimum atomic E-state index is 0.568. The Morgan fingerprint density at radius 3 is 1.83 bits per heavy atom. The molecule has 12 rings (SSSR count). The standard InChI is InChI=1S/C52H30N4O2/c1-3-12-31(13-4-1)37-22-23-38(48-43-28-35-24-25-53-30-36(35)29-46(43)58-49(37)48)41-26-33-16-7-8-17-34(33)27-42(41)52-55-50(32-14-5-2-6-15-32)54-51(56-52)40-19-11-21-45-47(40)39-18-9-10-20-44(39)57-45/h1-30H. The lowest BCUT2D eigenvalue weighted by Gasteiger charge is -2.15. The third kappa shape index (κ3) is 5.12. The zero-order chi connectivity index (χ0) is 38.2. The number of hydrogen-bond acceptors (Lipinski definition) is 6. The van der Waals surface area contributed by atoms with Gasteiger partial charge in [0.05, 0.1) is 0 Å². The molecule has 0 fully saturated rings. The highest BCUT2D eigenvalue weighted by molar-refractivity contribution is 6.20. The first-order valence-electron chi connectivity index (χ1n) is 19.3. The summed E-state index contributed by atoms with van der Waals surface area (Å²) in [7, 11) is 0. The fourth-order valence-corrected chi connectivity index (χ4v) is 8.47. The SMILES string of the molecule is c1ccc(-c2nc(-c3cc4ccccc4cc3-c3ccc(-c4ccccc4)c4oc5cc6cnccc6cc5c34)nc(-c3cccc4oc5ccccc5c34)n2)cc1. The molecule has 0 N–H and O–H groups in total. The predicted molar refractivity (Wildman–Crippen MR) is 234 cm³/mol. The molecule has 58 heavy (non-hydrogen) atoms. The molecule has 12 aromatic rings. The molecule has 0 radical (unpaired) electrons. The van der Waals surface area contributed by atoms with Crippen LogP contribution in [0.1, 0.15) is 0 Å². The topological polar surface area (TPSA) is 77.8 Å². The number of rotatable bonds is 5. The van der Waals surface area contributed by atoms with Crippen LogP contribution in [0.25, 0.3) is 122 Å². The Hall–Kier alpha value is -7.96. The highest BCUT2D eigenvalue weighted by Gasteiger charge is 2.23. The van der Waals surface area contributed by atoms with Crippen molar-refractivity contribution in [2.45, 2.75) is 0 Å². The van der Waals surface area contributed by atoms with E-state index in [0.717, 1.165) is 104 Å². The number of nitrogens with zero attached hydrogens (tertiary/aromatic N) is 4. The van der Waals surface area contributed by atoms with E-state index in [4.69, 9.17) is 23.8 Å². The van der Waals surface area contributed by atoms with Crippen molar-refractivity contribution in [3.05, 3.63) is 182 Å². The molecular formula is C52H30N4O2. The molecule has 4 heterocycles. The van der Waals surface area contributed by atoms with Gasteiger partial charge in [-0.2, -0.15) is 0 Å². The number of para-hydroxylation sites is 1. The van der Waals surface area contributed by atoms with Gasteiger partial charge in [0, 0.05) is 61.6 Å². The van der Waals surface area contributed by atoms with Gasteiger partial charge in [-0.15, -0.1) is 0 Å². The van der Waals surface area contributed by atoms with E-state index < -0.39 is 0 Å². The molecular weight excluding hydrogens is 713 g/mol. The molecule has 0 aliphatic heterocycles. The zero-order valence-corrected chi connectivity index (χ0v) is 30.9. The molecule has 8 aromatic carbocycles. The summed E-state index contributed by atoms with van der Waals surface area (Å²) >= 11 is 0. The molecule has 0 atom stereocenters. The van der Waals surface area contributed by atoms with Crippen molar-refractivity contribution in [2.75, 3.05) is 0 Å². The minimum absolute atomic E-state index is 0.568. The molecule has 0 saturated heterocycles. The largest absolute Gasteiger partial charge is 0.456 e. The van der Waals surface area contributed by atoms with Crippen LogP contribution in [0.3, 0.4) is 0 Å². The molecule has 0 bridgehead atoms. The van der Waals surface area contributed by atoms with Gasteiger partial charge in [-0.05, 0) is 81.4 Å². The fourth-order valence-electron chi connectivity index (χ4n) is 8.47. The Labute approximate surface area is 331 Å². The van der Waals surface area contributed by atoms with E-state index in [1.54, 1.807) is 0 Å². The summed E-state index contributed by atoms with van der Waals surface area (Å²) in [5.41, 5.74) is 10.0. The first kappa shape index (κ1) is 32.3. The van der Waals surface area contributed by atoms with Crippen LogP contribution in [0.15, 0.2) is 191 Å². The second-order valence-corrected chi connectivity index (χ2v) is 14.6. The number of furan rings is 2. The summed E-state index contributed by atoms with van der Waals surface area (Å²) in [4.78, 5) is 20.2. The van der Waals surface area contributed by atoms with E-state index in [-0.39, 0.29) is 0 Å². The fraction of sp³-hybridized carbons (Fsp3) is 0. The molecule has 0 aliphatic carbocycles. The molecule has 6 heteroatoms. The predicted octanol–water partition coefficient (Wildman–Crippen LogP) is 13.7. The van der Waals surface area contributed by atoms with Crippen molar-refractivity contribution in [1.82, 2.24) is 19.9 Å². The Kier molecular flexibility index (Phi) is 7.13. The first-order chi connectivity index (χ1) is 28.7. The van der Waals surface area contributed by atoms with Gasteiger partial charge < -0.3 is 8.83 Å². The number of pyridine rings is 1. The van der Waals surface area contributed by atoms with Crippen molar-refractivity contribution in [3.63, 3.8) is 0 Å². The monoisotopic (exact) mass is 742 g/mol. The first-order valence-corrected chi connectivity index (χ1v) is 19.3. The van der Waals surface area contributed by atoms with Gasteiger partial charge in [-0.25, -0.2) is 15.0 Å². The number of fused-ring (bicyclic) bond motifs is 8. The maximum absolute atomic E-state index is 6.89. The molecule has 6 nitrogen and oxygen atoms in total. The lowest BCUT2D eigenvalue weighted by Crippen LogP contribution is -2.01. The van der Waals surface area contributed by atoms with Crippen LogP contribution in [0.2, 0.25) is 0 Å². The summed E-state index contributed by atoms with van der Waals surface area (Å²) in [5.74, 6) is 1.72. The van der Waals surface area contributed by atoms with Crippen LogP contribution < -0.4 is 0 Å². The van der Waals surface area contributed by atoms with Crippen LogP contribution >= 0.6 is 0 Å². The van der Waals surface area contributed by atoms with E-state index >= 15 is 0 Å². The van der Waals surface area contributed by atoms with E-state index in [0.29, 0.717) is 17.5 Å². The van der Waals surface area contributed by atoms with Gasteiger partial charge in [0.1, 0.15) is 22.3 Å². The summed E-state index contributed by atoms with van der Waals surface area (Å²) in [6, 6.07) is 58.4. The molecule has 0 saturated carbocycles. The quantitative estimate of drug-likeness (QED) is 0.175. The van der Waals surface area contributed by atoms with E-state index in [9.17, 15) is 0 Å². The highest BCUT2D eigenvalue weighted by Crippen LogP contribution is 2.46. The number of benzene rings is 8. The Morgan fingerprint density at radius 2 is 1.00 bits per heavy atom. The van der Waals surface area contributed by atoms with Gasteiger partial charge >= 0.3 is 0 Å². The Balaban J connectivity index is 1.18. The van der Waals surface area contributed by atoms with Crippen molar-refractivity contribution in [3.8, 4) is 56.4 Å². The van der Waals surface area contributed by atoms with Gasteiger partial charge in [-0.3, -0.25) is 4.98 Å². The van der Waals surface area contributed by atoms with Crippen LogP contribution in [0.4, 0.5) is 0 Å². The molecule has 0 amide bonds. The second-order valence-electron chi connectivity index (χ2n) is 14.6. The summed E-state index contributed by atoms with van der Waals surface area (Å²) in [6.07, 6.45) is 3.72. The van der Waals surface area contributed by atoms with E-state index in [2.05, 4.69) is 108 Å². The molecule has 4 aromatic heterocycles. The summed E-state index contributed by atoms with van der Waals surface area (Å²) in [6.45, 7) is 0. The molecule has 0 unspecified atom stereocenters. The Morgan fingerprint density at radius 1 is 0.345 bits per heavy atom. The van der Waals surface area contributed by atoms with Crippen LogP contribution in [0, 0.1) is 0 Å². The van der Waals surface area contributed by atoms with Crippen LogP contribution in [0.5, 0.6) is 0 Å². The van der Waals surface area contributed by atoms with Crippen molar-refractivity contribution in [1.29, 1.82) is 0 Å². The maximum Gasteiger partial charge on any atom is 0.164 e. The number of aromatic nitrogens is 4.